The summed E-state index contributed by atoms with van der Waals surface area (Å²) < 4.78 is 1.86. The SMILES string of the molecule is CC(=O)N(c1ccccc1)c1nc(/C=C/C(=O)N(C)Cc2cnn(Cc3ccccc3)c2)cs1. The summed E-state index contributed by atoms with van der Waals surface area (Å²) in [6.07, 6.45) is 6.89. The van der Waals surface area contributed by atoms with Gasteiger partial charge in [0, 0.05) is 43.7 Å². The van der Waals surface area contributed by atoms with Crippen LogP contribution in [0.1, 0.15) is 23.7 Å². The van der Waals surface area contributed by atoms with E-state index in [9.17, 15) is 9.59 Å². The fourth-order valence-electron chi connectivity index (χ4n) is 3.44. The predicted molar refractivity (Wildman–Crippen MR) is 135 cm³/mol. The summed E-state index contributed by atoms with van der Waals surface area (Å²) in [5.74, 6) is -0.267. The first-order chi connectivity index (χ1) is 16.5. The third-order valence-corrected chi connectivity index (χ3v) is 5.94. The number of aromatic nitrogens is 3. The molecule has 0 bridgehead atoms. The van der Waals surface area contributed by atoms with Gasteiger partial charge in [-0.2, -0.15) is 5.10 Å². The van der Waals surface area contributed by atoms with E-state index in [0.29, 0.717) is 23.9 Å². The van der Waals surface area contributed by atoms with Gasteiger partial charge in [0.25, 0.3) is 0 Å². The van der Waals surface area contributed by atoms with Crippen molar-refractivity contribution in [1.29, 1.82) is 0 Å². The highest BCUT2D eigenvalue weighted by atomic mass is 32.1. The van der Waals surface area contributed by atoms with Crippen LogP contribution in [0.15, 0.2) is 84.5 Å². The maximum absolute atomic E-state index is 12.6. The van der Waals surface area contributed by atoms with Crippen molar-refractivity contribution >= 4 is 40.0 Å². The quantitative estimate of drug-likeness (QED) is 0.348. The standard InChI is InChI=1S/C26H25N5O2S/c1-20(32)31(24-11-7-4-8-12-24)26-28-23(19-34-26)13-14-25(33)29(2)16-22-15-27-30(18-22)17-21-9-5-3-6-10-21/h3-15,18-19H,16-17H2,1-2H3/b14-13+. The second-order valence-electron chi connectivity index (χ2n) is 7.80. The maximum atomic E-state index is 12.6. The van der Waals surface area contributed by atoms with Crippen molar-refractivity contribution in [3.05, 3.63) is 101 Å². The number of rotatable bonds is 8. The Hall–Kier alpha value is -4.04. The largest absolute Gasteiger partial charge is 0.338 e. The van der Waals surface area contributed by atoms with Crippen molar-refractivity contribution in [3.63, 3.8) is 0 Å². The molecule has 4 aromatic rings. The Morgan fingerprint density at radius 1 is 1.03 bits per heavy atom. The molecule has 8 heteroatoms. The lowest BCUT2D eigenvalue weighted by Crippen LogP contribution is -2.24. The Morgan fingerprint density at radius 3 is 2.44 bits per heavy atom. The summed E-state index contributed by atoms with van der Waals surface area (Å²) in [5, 5.41) is 6.78. The molecule has 4 rings (SSSR count). The highest BCUT2D eigenvalue weighted by Crippen LogP contribution is 2.29. The molecule has 2 aromatic carbocycles. The molecule has 0 spiro atoms. The van der Waals surface area contributed by atoms with E-state index >= 15 is 0 Å². The lowest BCUT2D eigenvalue weighted by molar-refractivity contribution is -0.125. The van der Waals surface area contributed by atoms with Crippen molar-refractivity contribution < 1.29 is 9.59 Å². The number of carbonyl (C=O) groups excluding carboxylic acids is 2. The molecule has 0 aliphatic rings. The van der Waals surface area contributed by atoms with Gasteiger partial charge in [-0.25, -0.2) is 4.98 Å². The smallest absolute Gasteiger partial charge is 0.246 e. The van der Waals surface area contributed by atoms with Crippen molar-refractivity contribution in [2.45, 2.75) is 20.0 Å². The van der Waals surface area contributed by atoms with Crippen LogP contribution in [0.4, 0.5) is 10.8 Å². The molecule has 0 aliphatic heterocycles. The molecular formula is C26H25N5O2S. The number of para-hydroxylation sites is 1. The Bertz CT molecular complexity index is 1280. The van der Waals surface area contributed by atoms with Gasteiger partial charge in [0.15, 0.2) is 5.13 Å². The molecule has 2 aromatic heterocycles. The van der Waals surface area contributed by atoms with Crippen molar-refractivity contribution in [2.24, 2.45) is 0 Å². The number of benzene rings is 2. The molecule has 172 valence electrons. The average Bonchev–Trinajstić information content (AvgIpc) is 3.48. The van der Waals surface area contributed by atoms with Gasteiger partial charge in [0.1, 0.15) is 0 Å². The van der Waals surface area contributed by atoms with Gasteiger partial charge in [0.2, 0.25) is 11.8 Å². The van der Waals surface area contributed by atoms with Crippen LogP contribution in [-0.4, -0.2) is 38.5 Å². The van der Waals surface area contributed by atoms with Gasteiger partial charge in [-0.15, -0.1) is 11.3 Å². The number of nitrogens with zero attached hydrogens (tertiary/aromatic N) is 5. The third-order valence-electron chi connectivity index (χ3n) is 5.10. The Kier molecular flexibility index (Phi) is 7.29. The van der Waals surface area contributed by atoms with Gasteiger partial charge in [-0.3, -0.25) is 19.2 Å². The molecule has 7 nitrogen and oxygen atoms in total. The summed E-state index contributed by atoms with van der Waals surface area (Å²) in [5.41, 5.74) is 3.50. The molecule has 0 aliphatic carbocycles. The van der Waals surface area contributed by atoms with E-state index in [2.05, 4.69) is 22.2 Å². The van der Waals surface area contributed by atoms with E-state index in [1.54, 1.807) is 29.1 Å². The number of thiazole rings is 1. The number of carbonyl (C=O) groups is 2. The summed E-state index contributed by atoms with van der Waals surface area (Å²) in [4.78, 5) is 32.5. The van der Waals surface area contributed by atoms with Gasteiger partial charge >= 0.3 is 0 Å². The topological polar surface area (TPSA) is 71.3 Å². The first kappa shape index (κ1) is 23.1. The van der Waals surface area contributed by atoms with E-state index in [0.717, 1.165) is 11.3 Å². The van der Waals surface area contributed by atoms with Crippen LogP contribution < -0.4 is 4.90 Å². The number of likely N-dealkylation sites (N-methyl/N-ethyl adjacent to an activating group) is 1. The molecule has 0 fully saturated rings. The monoisotopic (exact) mass is 471 g/mol. The molecule has 2 amide bonds. The fourth-order valence-corrected chi connectivity index (χ4v) is 4.30. The van der Waals surface area contributed by atoms with E-state index in [-0.39, 0.29) is 11.8 Å². The van der Waals surface area contributed by atoms with Crippen LogP contribution in [0.5, 0.6) is 0 Å². The highest BCUT2D eigenvalue weighted by Gasteiger charge is 2.17. The van der Waals surface area contributed by atoms with Crippen LogP contribution in [0.25, 0.3) is 6.08 Å². The van der Waals surface area contributed by atoms with Crippen molar-refractivity contribution in [1.82, 2.24) is 19.7 Å². The van der Waals surface area contributed by atoms with E-state index in [1.165, 1.54) is 29.9 Å². The third kappa shape index (κ3) is 5.85. The molecule has 2 heterocycles. The van der Waals surface area contributed by atoms with Crippen LogP contribution in [0.2, 0.25) is 0 Å². The average molecular weight is 472 g/mol. The maximum Gasteiger partial charge on any atom is 0.246 e. The van der Waals surface area contributed by atoms with Gasteiger partial charge in [-0.1, -0.05) is 48.5 Å². The van der Waals surface area contributed by atoms with Gasteiger partial charge < -0.3 is 4.90 Å². The van der Waals surface area contributed by atoms with Crippen LogP contribution >= 0.6 is 11.3 Å². The van der Waals surface area contributed by atoms with Crippen molar-refractivity contribution in [3.8, 4) is 0 Å². The number of hydrogen-bond acceptors (Lipinski definition) is 5. The second-order valence-corrected chi connectivity index (χ2v) is 8.64. The first-order valence-electron chi connectivity index (χ1n) is 10.8. The Morgan fingerprint density at radius 2 is 1.74 bits per heavy atom. The zero-order chi connectivity index (χ0) is 23.9. The lowest BCUT2D eigenvalue weighted by Gasteiger charge is -2.17. The van der Waals surface area contributed by atoms with E-state index in [1.807, 2.05) is 64.8 Å². The van der Waals surface area contributed by atoms with E-state index < -0.39 is 0 Å². The minimum absolute atomic E-state index is 0.125. The van der Waals surface area contributed by atoms with Gasteiger partial charge in [-0.05, 0) is 23.8 Å². The number of hydrogen-bond donors (Lipinski definition) is 0. The van der Waals surface area contributed by atoms with Crippen molar-refractivity contribution in [2.75, 3.05) is 11.9 Å². The summed E-state index contributed by atoms with van der Waals surface area (Å²) >= 11 is 1.35. The fraction of sp³-hybridized carbons (Fsp3) is 0.154. The minimum atomic E-state index is -0.142. The second kappa shape index (κ2) is 10.7. The summed E-state index contributed by atoms with van der Waals surface area (Å²) in [7, 11) is 1.75. The molecular weight excluding hydrogens is 446 g/mol. The molecule has 0 saturated carbocycles. The van der Waals surface area contributed by atoms with Crippen LogP contribution in [-0.2, 0) is 22.7 Å². The Labute approximate surface area is 202 Å². The molecule has 0 unspecified atom stereocenters. The Balaban J connectivity index is 1.36. The highest BCUT2D eigenvalue weighted by molar-refractivity contribution is 7.14. The predicted octanol–water partition coefficient (Wildman–Crippen LogP) is 4.74. The van der Waals surface area contributed by atoms with E-state index in [4.69, 9.17) is 0 Å². The zero-order valence-corrected chi connectivity index (χ0v) is 19.9. The normalized spacial score (nSPS) is 11.0. The summed E-state index contributed by atoms with van der Waals surface area (Å²) in [6.45, 7) is 2.64. The minimum Gasteiger partial charge on any atom is -0.338 e. The molecule has 0 atom stereocenters. The molecule has 0 N–H and O–H groups in total. The molecule has 34 heavy (non-hydrogen) atoms. The van der Waals surface area contributed by atoms with Crippen LogP contribution in [0, 0.1) is 0 Å². The number of anilines is 2. The molecule has 0 radical (unpaired) electrons. The lowest BCUT2D eigenvalue weighted by atomic mass is 10.2. The van der Waals surface area contributed by atoms with Crippen LogP contribution in [0.3, 0.4) is 0 Å². The number of amides is 2. The van der Waals surface area contributed by atoms with Gasteiger partial charge in [0.05, 0.1) is 24.1 Å². The first-order valence-corrected chi connectivity index (χ1v) is 11.7. The zero-order valence-electron chi connectivity index (χ0n) is 19.0. The molecule has 0 saturated heterocycles. The summed E-state index contributed by atoms with van der Waals surface area (Å²) in [6, 6.07) is 19.5.